The van der Waals surface area contributed by atoms with Crippen LogP contribution in [0.4, 0.5) is 0 Å². The topological polar surface area (TPSA) is 93.1 Å². The van der Waals surface area contributed by atoms with Gasteiger partial charge in [0, 0.05) is 13.1 Å². The van der Waals surface area contributed by atoms with E-state index >= 15 is 0 Å². The molecule has 0 bridgehead atoms. The third kappa shape index (κ3) is 3.51. The first-order valence-electron chi connectivity index (χ1n) is 8.44. The number of ether oxygens (including phenoxy) is 2. The minimum absolute atomic E-state index is 0.0298. The predicted molar refractivity (Wildman–Crippen MR) is 90.3 cm³/mol. The van der Waals surface area contributed by atoms with Gasteiger partial charge in [-0.2, -0.15) is 4.31 Å². The van der Waals surface area contributed by atoms with Gasteiger partial charge in [0.25, 0.3) is 0 Å². The molecule has 1 unspecified atom stereocenters. The molecule has 0 amide bonds. The maximum absolute atomic E-state index is 13.2. The van der Waals surface area contributed by atoms with Crippen LogP contribution in [0.1, 0.15) is 24.0 Å². The molecule has 8 heteroatoms. The summed E-state index contributed by atoms with van der Waals surface area (Å²) in [7, 11) is -2.20. The van der Waals surface area contributed by atoms with Crippen LogP contribution >= 0.6 is 0 Å². The van der Waals surface area contributed by atoms with Crippen molar-refractivity contribution in [3.8, 4) is 5.75 Å². The van der Waals surface area contributed by atoms with Crippen molar-refractivity contribution in [3.05, 3.63) is 23.3 Å². The molecule has 0 spiro atoms. The molecular weight excluding hydrogens is 346 g/mol. The number of carboxylic acids is 1. The summed E-state index contributed by atoms with van der Waals surface area (Å²) >= 11 is 0. The maximum atomic E-state index is 13.2. The van der Waals surface area contributed by atoms with Crippen molar-refractivity contribution in [2.45, 2.75) is 30.6 Å². The number of nitrogens with zero attached hydrogens (tertiary/aromatic N) is 1. The number of hydrogen-bond donors (Lipinski definition) is 1. The summed E-state index contributed by atoms with van der Waals surface area (Å²) in [6.07, 6.45) is 3.42. The first-order valence-corrected chi connectivity index (χ1v) is 9.88. The van der Waals surface area contributed by atoms with Crippen LogP contribution in [0.3, 0.4) is 0 Å². The minimum atomic E-state index is -3.78. The number of benzene rings is 1. The third-order valence-corrected chi connectivity index (χ3v) is 6.81. The van der Waals surface area contributed by atoms with E-state index in [1.165, 1.54) is 4.31 Å². The van der Waals surface area contributed by atoms with Crippen molar-refractivity contribution in [3.63, 3.8) is 0 Å². The molecular formula is C17H23NO6S. The van der Waals surface area contributed by atoms with Crippen molar-refractivity contribution >= 4 is 16.0 Å². The molecule has 0 radical (unpaired) electrons. The fourth-order valence-corrected chi connectivity index (χ4v) is 5.27. The van der Waals surface area contributed by atoms with Gasteiger partial charge >= 0.3 is 5.97 Å². The molecule has 1 fully saturated rings. The molecule has 25 heavy (non-hydrogen) atoms. The molecule has 1 aliphatic heterocycles. The van der Waals surface area contributed by atoms with Gasteiger partial charge in [0.2, 0.25) is 10.0 Å². The summed E-state index contributed by atoms with van der Waals surface area (Å²) in [5.74, 6) is -1.18. The molecule has 138 valence electrons. The van der Waals surface area contributed by atoms with Crippen molar-refractivity contribution in [2.75, 3.05) is 33.4 Å². The summed E-state index contributed by atoms with van der Waals surface area (Å²) in [6, 6.07) is 3.28. The maximum Gasteiger partial charge on any atom is 0.310 e. The van der Waals surface area contributed by atoms with E-state index < -0.39 is 21.9 Å². The number of carboxylic acid groups (broad SMARTS) is 1. The van der Waals surface area contributed by atoms with Gasteiger partial charge in [-0.15, -0.1) is 0 Å². The lowest BCUT2D eigenvalue weighted by atomic mass is 9.91. The SMILES string of the molecule is COc1ccc(S(=O)(=O)N2CCOCC(C(=O)O)C2)c2c1CCCC2. The second kappa shape index (κ2) is 7.31. The van der Waals surface area contributed by atoms with Gasteiger partial charge < -0.3 is 14.6 Å². The molecule has 1 heterocycles. The highest BCUT2D eigenvalue weighted by Gasteiger charge is 2.34. The molecule has 0 aromatic heterocycles. The highest BCUT2D eigenvalue weighted by atomic mass is 32.2. The Morgan fingerprint density at radius 3 is 2.68 bits per heavy atom. The molecule has 3 rings (SSSR count). The van der Waals surface area contributed by atoms with E-state index in [1.54, 1.807) is 19.2 Å². The zero-order valence-electron chi connectivity index (χ0n) is 14.2. The number of hydrogen-bond acceptors (Lipinski definition) is 5. The summed E-state index contributed by atoms with van der Waals surface area (Å²) in [5, 5.41) is 9.26. The van der Waals surface area contributed by atoms with Crippen LogP contribution in [0, 0.1) is 5.92 Å². The number of fused-ring (bicyclic) bond motifs is 1. The molecule has 1 aromatic carbocycles. The quantitative estimate of drug-likeness (QED) is 0.860. The van der Waals surface area contributed by atoms with E-state index in [9.17, 15) is 18.3 Å². The van der Waals surface area contributed by atoms with E-state index in [-0.39, 0.29) is 31.2 Å². The molecule has 1 aliphatic carbocycles. The molecule has 1 aromatic rings. The van der Waals surface area contributed by atoms with Crippen LogP contribution in [-0.4, -0.2) is 57.2 Å². The summed E-state index contributed by atoms with van der Waals surface area (Å²) in [5.41, 5.74) is 1.76. The first-order chi connectivity index (χ1) is 11.9. The Bertz CT molecular complexity index is 761. The van der Waals surface area contributed by atoms with Crippen LogP contribution in [0.2, 0.25) is 0 Å². The van der Waals surface area contributed by atoms with E-state index in [1.807, 2.05) is 0 Å². The minimum Gasteiger partial charge on any atom is -0.496 e. The summed E-state index contributed by atoms with van der Waals surface area (Å²) < 4.78 is 38.3. The Kier molecular flexibility index (Phi) is 5.31. The first kappa shape index (κ1) is 18.2. The van der Waals surface area contributed by atoms with Crippen LogP contribution in [0.25, 0.3) is 0 Å². The van der Waals surface area contributed by atoms with Crippen molar-refractivity contribution in [1.29, 1.82) is 0 Å². The molecule has 1 atom stereocenters. The van der Waals surface area contributed by atoms with Gasteiger partial charge in [-0.3, -0.25) is 4.79 Å². The summed E-state index contributed by atoms with van der Waals surface area (Å²) in [6.45, 7) is 0.314. The van der Waals surface area contributed by atoms with Crippen LogP contribution in [-0.2, 0) is 32.4 Å². The van der Waals surface area contributed by atoms with E-state index in [0.717, 1.165) is 36.1 Å². The fraction of sp³-hybridized carbons (Fsp3) is 0.588. The number of aliphatic carboxylic acids is 1. The van der Waals surface area contributed by atoms with Gasteiger partial charge in [0.1, 0.15) is 5.75 Å². The number of carbonyl (C=O) groups is 1. The number of methoxy groups -OCH3 is 1. The monoisotopic (exact) mass is 369 g/mol. The van der Waals surface area contributed by atoms with Crippen LogP contribution < -0.4 is 4.74 Å². The van der Waals surface area contributed by atoms with Gasteiger partial charge in [0.15, 0.2) is 0 Å². The Balaban J connectivity index is 2.01. The lowest BCUT2D eigenvalue weighted by Crippen LogP contribution is -2.38. The zero-order valence-corrected chi connectivity index (χ0v) is 15.0. The Morgan fingerprint density at radius 2 is 2.00 bits per heavy atom. The Morgan fingerprint density at radius 1 is 1.28 bits per heavy atom. The van der Waals surface area contributed by atoms with Crippen LogP contribution in [0.5, 0.6) is 5.75 Å². The molecule has 2 aliphatic rings. The third-order valence-electron chi connectivity index (χ3n) is 4.86. The van der Waals surface area contributed by atoms with Crippen molar-refractivity contribution < 1.29 is 27.8 Å². The molecule has 7 nitrogen and oxygen atoms in total. The Labute approximate surface area is 147 Å². The average Bonchev–Trinajstić information content (AvgIpc) is 2.87. The Hall–Kier alpha value is -1.64. The lowest BCUT2D eigenvalue weighted by molar-refractivity contribution is -0.143. The van der Waals surface area contributed by atoms with E-state index in [2.05, 4.69) is 0 Å². The summed E-state index contributed by atoms with van der Waals surface area (Å²) in [4.78, 5) is 11.6. The normalized spacial score (nSPS) is 22.0. The second-order valence-corrected chi connectivity index (χ2v) is 8.31. The molecule has 0 saturated carbocycles. The second-order valence-electron chi connectivity index (χ2n) is 6.40. The van der Waals surface area contributed by atoms with Crippen LogP contribution in [0.15, 0.2) is 17.0 Å². The van der Waals surface area contributed by atoms with Crippen molar-refractivity contribution in [1.82, 2.24) is 4.31 Å². The van der Waals surface area contributed by atoms with E-state index in [0.29, 0.717) is 6.42 Å². The van der Waals surface area contributed by atoms with Gasteiger partial charge in [-0.25, -0.2) is 8.42 Å². The van der Waals surface area contributed by atoms with Gasteiger partial charge in [-0.05, 0) is 48.9 Å². The average molecular weight is 369 g/mol. The highest BCUT2D eigenvalue weighted by Crippen LogP contribution is 2.35. The largest absolute Gasteiger partial charge is 0.496 e. The van der Waals surface area contributed by atoms with Crippen molar-refractivity contribution in [2.24, 2.45) is 5.92 Å². The zero-order chi connectivity index (χ0) is 18.0. The fourth-order valence-electron chi connectivity index (χ4n) is 3.52. The smallest absolute Gasteiger partial charge is 0.310 e. The lowest BCUT2D eigenvalue weighted by Gasteiger charge is -2.26. The number of rotatable bonds is 4. The molecule has 1 N–H and O–H groups in total. The molecule has 1 saturated heterocycles. The number of sulfonamides is 1. The van der Waals surface area contributed by atoms with Gasteiger partial charge in [0.05, 0.1) is 31.1 Å². The standard InChI is InChI=1S/C17H23NO6S/c1-23-15-6-7-16(14-5-3-2-4-13(14)15)25(21,22)18-8-9-24-11-12(10-18)17(19)20/h6-7,12H,2-5,8-11H2,1H3,(H,19,20). The van der Waals surface area contributed by atoms with Gasteiger partial charge in [-0.1, -0.05) is 0 Å². The predicted octanol–water partition coefficient (Wildman–Crippen LogP) is 1.30. The van der Waals surface area contributed by atoms with E-state index in [4.69, 9.17) is 9.47 Å². The highest BCUT2D eigenvalue weighted by molar-refractivity contribution is 7.89.